The van der Waals surface area contributed by atoms with Crippen LogP contribution in [0.5, 0.6) is 5.75 Å². The van der Waals surface area contributed by atoms with E-state index in [4.69, 9.17) is 25.9 Å². The molecule has 0 spiro atoms. The zero-order chi connectivity index (χ0) is 15.2. The second kappa shape index (κ2) is 6.90. The molecule has 1 N–H and O–H groups in total. The normalized spacial score (nSPS) is 11.0. The molecule has 1 aromatic carbocycles. The number of rotatable bonds is 6. The predicted octanol–water partition coefficient (Wildman–Crippen LogP) is 2.96. The lowest BCUT2D eigenvalue weighted by Crippen LogP contribution is -1.97. The number of hydrogen-bond donors (Lipinski definition) is 1. The molecule has 0 aliphatic carbocycles. The van der Waals surface area contributed by atoms with Gasteiger partial charge in [-0.15, -0.1) is 10.2 Å². The summed E-state index contributed by atoms with van der Waals surface area (Å²) >= 11 is 5.89. The van der Waals surface area contributed by atoms with Crippen LogP contribution in [-0.4, -0.2) is 21.3 Å². The van der Waals surface area contributed by atoms with Gasteiger partial charge in [0.2, 0.25) is 5.89 Å². The SMILES string of the molecule is CCc1nnc(COc2ccc(Cl)cc2/C=C/C(=O)O)o1. The molecule has 1 aromatic heterocycles. The Morgan fingerprint density at radius 1 is 1.43 bits per heavy atom. The Labute approximate surface area is 126 Å². The number of ether oxygens (including phenoxy) is 1. The summed E-state index contributed by atoms with van der Waals surface area (Å²) in [4.78, 5) is 10.6. The van der Waals surface area contributed by atoms with Crippen LogP contribution in [-0.2, 0) is 17.8 Å². The van der Waals surface area contributed by atoms with Crippen molar-refractivity contribution in [3.63, 3.8) is 0 Å². The fraction of sp³-hybridized carbons (Fsp3) is 0.214. The largest absolute Gasteiger partial charge is 0.483 e. The maximum atomic E-state index is 10.6. The summed E-state index contributed by atoms with van der Waals surface area (Å²) < 4.78 is 10.9. The van der Waals surface area contributed by atoms with Gasteiger partial charge in [-0.1, -0.05) is 18.5 Å². The van der Waals surface area contributed by atoms with Crippen LogP contribution in [0.2, 0.25) is 5.02 Å². The molecule has 0 radical (unpaired) electrons. The number of carboxylic acid groups (broad SMARTS) is 1. The van der Waals surface area contributed by atoms with Crippen molar-refractivity contribution in [2.24, 2.45) is 0 Å². The average molecular weight is 309 g/mol. The molecule has 0 atom stereocenters. The Bertz CT molecular complexity index is 667. The Morgan fingerprint density at radius 2 is 2.19 bits per heavy atom. The molecule has 7 heteroatoms. The van der Waals surface area contributed by atoms with Gasteiger partial charge in [0.05, 0.1) is 0 Å². The third kappa shape index (κ3) is 4.32. The first kappa shape index (κ1) is 15.1. The standard InChI is InChI=1S/C14H13ClN2O4/c1-2-12-16-17-13(21-12)8-20-11-5-4-10(15)7-9(11)3-6-14(18)19/h3-7H,2,8H2,1H3,(H,18,19)/b6-3+. The highest BCUT2D eigenvalue weighted by atomic mass is 35.5. The van der Waals surface area contributed by atoms with Crippen molar-refractivity contribution in [3.05, 3.63) is 46.6 Å². The lowest BCUT2D eigenvalue weighted by atomic mass is 10.2. The van der Waals surface area contributed by atoms with Crippen molar-refractivity contribution < 1.29 is 19.1 Å². The summed E-state index contributed by atoms with van der Waals surface area (Å²) in [6.07, 6.45) is 3.08. The lowest BCUT2D eigenvalue weighted by molar-refractivity contribution is -0.131. The van der Waals surface area contributed by atoms with Gasteiger partial charge in [-0.25, -0.2) is 4.79 Å². The summed E-state index contributed by atoms with van der Waals surface area (Å²) in [6.45, 7) is 2.01. The summed E-state index contributed by atoms with van der Waals surface area (Å²) in [5, 5.41) is 16.8. The number of nitrogens with zero attached hydrogens (tertiary/aromatic N) is 2. The highest BCUT2D eigenvalue weighted by Crippen LogP contribution is 2.25. The van der Waals surface area contributed by atoms with Crippen LogP contribution in [0.1, 0.15) is 24.3 Å². The van der Waals surface area contributed by atoms with Crippen LogP contribution < -0.4 is 4.74 Å². The molecule has 6 nitrogen and oxygen atoms in total. The summed E-state index contributed by atoms with van der Waals surface area (Å²) in [5.74, 6) is 0.323. The Balaban J connectivity index is 2.13. The predicted molar refractivity (Wildman–Crippen MR) is 76.1 cm³/mol. The molecule has 0 fully saturated rings. The average Bonchev–Trinajstić information content (AvgIpc) is 2.92. The van der Waals surface area contributed by atoms with Crippen molar-refractivity contribution in [3.8, 4) is 5.75 Å². The van der Waals surface area contributed by atoms with Gasteiger partial charge in [-0.3, -0.25) is 0 Å². The number of hydrogen-bond acceptors (Lipinski definition) is 5. The van der Waals surface area contributed by atoms with Crippen molar-refractivity contribution >= 4 is 23.6 Å². The third-order valence-electron chi connectivity index (χ3n) is 2.54. The highest BCUT2D eigenvalue weighted by molar-refractivity contribution is 6.30. The number of halogens is 1. The van der Waals surface area contributed by atoms with Crippen molar-refractivity contribution in [1.29, 1.82) is 0 Å². The zero-order valence-corrected chi connectivity index (χ0v) is 12.0. The minimum Gasteiger partial charge on any atom is -0.483 e. The second-order valence-corrected chi connectivity index (χ2v) is 4.52. The van der Waals surface area contributed by atoms with Crippen molar-refractivity contribution in [2.45, 2.75) is 20.0 Å². The number of aryl methyl sites for hydroxylation is 1. The first-order chi connectivity index (χ1) is 10.1. The van der Waals surface area contributed by atoms with E-state index in [1.54, 1.807) is 18.2 Å². The Hall–Kier alpha value is -2.34. The Morgan fingerprint density at radius 3 is 2.86 bits per heavy atom. The maximum Gasteiger partial charge on any atom is 0.328 e. The van der Waals surface area contributed by atoms with Crippen LogP contribution in [0.25, 0.3) is 6.08 Å². The molecule has 0 aliphatic heterocycles. The van der Waals surface area contributed by atoms with E-state index in [-0.39, 0.29) is 6.61 Å². The van der Waals surface area contributed by atoms with Gasteiger partial charge in [-0.05, 0) is 24.3 Å². The monoisotopic (exact) mass is 308 g/mol. The molecule has 2 aromatic rings. The minimum absolute atomic E-state index is 0.0997. The topological polar surface area (TPSA) is 85.5 Å². The maximum absolute atomic E-state index is 10.6. The van der Waals surface area contributed by atoms with E-state index in [1.807, 2.05) is 6.92 Å². The third-order valence-corrected chi connectivity index (χ3v) is 2.77. The molecule has 0 unspecified atom stereocenters. The zero-order valence-electron chi connectivity index (χ0n) is 11.2. The summed E-state index contributed by atoms with van der Waals surface area (Å²) in [6, 6.07) is 4.92. The van der Waals surface area contributed by atoms with Gasteiger partial charge in [0, 0.05) is 23.1 Å². The molecule has 0 saturated carbocycles. The number of carboxylic acids is 1. The first-order valence-corrected chi connectivity index (χ1v) is 6.61. The lowest BCUT2D eigenvalue weighted by Gasteiger charge is -2.07. The van der Waals surface area contributed by atoms with Gasteiger partial charge in [0.1, 0.15) is 5.75 Å². The molecule has 0 saturated heterocycles. The van der Waals surface area contributed by atoms with E-state index < -0.39 is 5.97 Å². The van der Waals surface area contributed by atoms with E-state index in [9.17, 15) is 4.79 Å². The minimum atomic E-state index is -1.05. The van der Waals surface area contributed by atoms with E-state index in [2.05, 4.69) is 10.2 Å². The number of benzene rings is 1. The number of carbonyl (C=O) groups is 1. The quantitative estimate of drug-likeness (QED) is 0.826. The van der Waals surface area contributed by atoms with Crippen LogP contribution in [0.15, 0.2) is 28.7 Å². The van der Waals surface area contributed by atoms with Gasteiger partial charge in [-0.2, -0.15) is 0 Å². The molecular weight excluding hydrogens is 296 g/mol. The van der Waals surface area contributed by atoms with Crippen LogP contribution in [0, 0.1) is 0 Å². The molecule has 110 valence electrons. The van der Waals surface area contributed by atoms with Crippen LogP contribution >= 0.6 is 11.6 Å². The van der Waals surface area contributed by atoms with E-state index in [0.717, 1.165) is 6.08 Å². The van der Waals surface area contributed by atoms with Gasteiger partial charge < -0.3 is 14.3 Å². The molecular formula is C14H13ClN2O4. The summed E-state index contributed by atoms with van der Waals surface area (Å²) in [7, 11) is 0. The van der Waals surface area contributed by atoms with Gasteiger partial charge in [0.15, 0.2) is 6.61 Å². The molecule has 0 amide bonds. The molecule has 21 heavy (non-hydrogen) atoms. The highest BCUT2D eigenvalue weighted by Gasteiger charge is 2.08. The van der Waals surface area contributed by atoms with Gasteiger partial charge in [0.25, 0.3) is 5.89 Å². The first-order valence-electron chi connectivity index (χ1n) is 6.23. The number of aliphatic carboxylic acids is 1. The second-order valence-electron chi connectivity index (χ2n) is 4.09. The van der Waals surface area contributed by atoms with Crippen LogP contribution in [0.4, 0.5) is 0 Å². The summed E-state index contributed by atoms with van der Waals surface area (Å²) in [5.41, 5.74) is 0.556. The molecule has 2 rings (SSSR count). The fourth-order valence-corrected chi connectivity index (χ4v) is 1.75. The van der Waals surface area contributed by atoms with Crippen LogP contribution in [0.3, 0.4) is 0 Å². The molecule has 0 aliphatic rings. The Kier molecular flexibility index (Phi) is 4.94. The smallest absolute Gasteiger partial charge is 0.328 e. The number of aromatic nitrogens is 2. The van der Waals surface area contributed by atoms with Gasteiger partial charge >= 0.3 is 5.97 Å². The molecule has 0 bridgehead atoms. The van der Waals surface area contributed by atoms with Crippen molar-refractivity contribution in [1.82, 2.24) is 10.2 Å². The van der Waals surface area contributed by atoms with E-state index in [1.165, 1.54) is 6.08 Å². The van der Waals surface area contributed by atoms with E-state index >= 15 is 0 Å². The van der Waals surface area contributed by atoms with Crippen molar-refractivity contribution in [2.75, 3.05) is 0 Å². The fourth-order valence-electron chi connectivity index (χ4n) is 1.57. The van der Waals surface area contributed by atoms with E-state index in [0.29, 0.717) is 34.5 Å². The molecule has 1 heterocycles.